The van der Waals surface area contributed by atoms with Gasteiger partial charge in [0, 0.05) is 49.8 Å². The molecule has 0 radical (unpaired) electrons. The number of hydrogen-bond acceptors (Lipinski definition) is 3. The molecule has 3 amide bonds. The Bertz CT molecular complexity index is 755. The van der Waals surface area contributed by atoms with Gasteiger partial charge in [0.25, 0.3) is 5.91 Å². The van der Waals surface area contributed by atoms with Crippen molar-refractivity contribution in [3.05, 3.63) is 29.3 Å². The van der Waals surface area contributed by atoms with E-state index in [4.69, 9.17) is 0 Å². The lowest BCUT2D eigenvalue weighted by Crippen LogP contribution is -2.39. The van der Waals surface area contributed by atoms with Crippen LogP contribution in [-0.4, -0.2) is 53.7 Å². The lowest BCUT2D eigenvalue weighted by molar-refractivity contribution is -0.135. The maximum absolute atomic E-state index is 13.0. The fourth-order valence-electron chi connectivity index (χ4n) is 4.47. The van der Waals surface area contributed by atoms with Crippen LogP contribution in [0.2, 0.25) is 0 Å². The SMILES string of the molecule is O=C1CCc2cc(C(=O)N3CCCN(C(=O)C4CCCC4)CC3)ccc2N1. The average Bonchev–Trinajstić information content (AvgIpc) is 3.11. The van der Waals surface area contributed by atoms with Crippen molar-refractivity contribution in [1.29, 1.82) is 0 Å². The van der Waals surface area contributed by atoms with Crippen molar-refractivity contribution in [2.45, 2.75) is 44.9 Å². The molecule has 1 saturated heterocycles. The van der Waals surface area contributed by atoms with E-state index in [0.29, 0.717) is 38.0 Å². The summed E-state index contributed by atoms with van der Waals surface area (Å²) in [5.74, 6) is 0.528. The Labute approximate surface area is 159 Å². The first kappa shape index (κ1) is 18.0. The number of carbonyl (C=O) groups excluding carboxylic acids is 3. The molecule has 0 spiro atoms. The van der Waals surface area contributed by atoms with Gasteiger partial charge in [0.1, 0.15) is 0 Å². The van der Waals surface area contributed by atoms with E-state index < -0.39 is 0 Å². The number of fused-ring (bicyclic) bond motifs is 1. The third-order valence-corrected chi connectivity index (χ3v) is 6.05. The van der Waals surface area contributed by atoms with Crippen molar-refractivity contribution in [3.63, 3.8) is 0 Å². The van der Waals surface area contributed by atoms with Gasteiger partial charge in [-0.25, -0.2) is 0 Å². The number of benzene rings is 1. The minimum atomic E-state index is 0.0184. The molecule has 2 fully saturated rings. The van der Waals surface area contributed by atoms with Gasteiger partial charge in [0.2, 0.25) is 11.8 Å². The zero-order valence-electron chi connectivity index (χ0n) is 15.7. The number of rotatable bonds is 2. The monoisotopic (exact) mass is 369 g/mol. The van der Waals surface area contributed by atoms with Gasteiger partial charge in [0.15, 0.2) is 0 Å². The first-order chi connectivity index (χ1) is 13.1. The van der Waals surface area contributed by atoms with Crippen LogP contribution in [0.1, 0.15) is 54.4 Å². The number of nitrogens with zero attached hydrogens (tertiary/aromatic N) is 2. The summed E-state index contributed by atoms with van der Waals surface area (Å²) in [6.45, 7) is 2.64. The van der Waals surface area contributed by atoms with Crippen molar-refractivity contribution in [1.82, 2.24) is 9.80 Å². The summed E-state index contributed by atoms with van der Waals surface area (Å²) < 4.78 is 0. The molecule has 0 atom stereocenters. The molecule has 1 saturated carbocycles. The highest BCUT2D eigenvalue weighted by Gasteiger charge is 2.29. The molecular weight excluding hydrogens is 342 g/mol. The third kappa shape index (κ3) is 3.84. The van der Waals surface area contributed by atoms with E-state index in [1.807, 2.05) is 21.9 Å². The molecule has 2 heterocycles. The minimum absolute atomic E-state index is 0.0184. The Kier molecular flexibility index (Phi) is 5.14. The first-order valence-corrected chi connectivity index (χ1v) is 10.1. The Morgan fingerprint density at radius 1 is 0.926 bits per heavy atom. The van der Waals surface area contributed by atoms with Crippen molar-refractivity contribution in [2.75, 3.05) is 31.5 Å². The van der Waals surface area contributed by atoms with Crippen LogP contribution in [0.3, 0.4) is 0 Å². The van der Waals surface area contributed by atoms with Crippen molar-refractivity contribution in [2.24, 2.45) is 5.92 Å². The molecule has 6 heteroatoms. The second kappa shape index (κ2) is 7.71. The van der Waals surface area contributed by atoms with E-state index in [2.05, 4.69) is 5.32 Å². The van der Waals surface area contributed by atoms with E-state index in [-0.39, 0.29) is 23.6 Å². The smallest absolute Gasteiger partial charge is 0.253 e. The molecule has 1 N–H and O–H groups in total. The zero-order valence-corrected chi connectivity index (χ0v) is 15.7. The maximum atomic E-state index is 13.0. The predicted octanol–water partition coefficient (Wildman–Crippen LogP) is 2.44. The van der Waals surface area contributed by atoms with Gasteiger partial charge in [-0.3, -0.25) is 14.4 Å². The second-order valence-corrected chi connectivity index (χ2v) is 7.87. The van der Waals surface area contributed by atoms with Gasteiger partial charge in [-0.05, 0) is 49.4 Å². The van der Waals surface area contributed by atoms with Gasteiger partial charge in [0.05, 0.1) is 0 Å². The van der Waals surface area contributed by atoms with E-state index in [1.54, 1.807) is 6.07 Å². The fourth-order valence-corrected chi connectivity index (χ4v) is 4.47. The van der Waals surface area contributed by atoms with Crippen LogP contribution in [0.15, 0.2) is 18.2 Å². The topological polar surface area (TPSA) is 69.7 Å². The van der Waals surface area contributed by atoms with E-state index >= 15 is 0 Å². The van der Waals surface area contributed by atoms with Gasteiger partial charge in [-0.15, -0.1) is 0 Å². The molecule has 0 bridgehead atoms. The summed E-state index contributed by atoms with van der Waals surface area (Å²) in [6, 6.07) is 5.52. The average molecular weight is 369 g/mol. The highest BCUT2D eigenvalue weighted by atomic mass is 16.2. The second-order valence-electron chi connectivity index (χ2n) is 7.87. The molecule has 1 aliphatic carbocycles. The number of carbonyl (C=O) groups is 3. The maximum Gasteiger partial charge on any atom is 0.253 e. The summed E-state index contributed by atoms with van der Waals surface area (Å²) in [4.78, 5) is 41.0. The lowest BCUT2D eigenvalue weighted by atomic mass is 10.00. The molecule has 2 aliphatic heterocycles. The van der Waals surface area contributed by atoms with Crippen molar-refractivity contribution >= 4 is 23.4 Å². The van der Waals surface area contributed by atoms with Gasteiger partial charge in [-0.2, -0.15) is 0 Å². The summed E-state index contributed by atoms with van der Waals surface area (Å²) in [6.07, 6.45) is 6.32. The third-order valence-electron chi connectivity index (χ3n) is 6.05. The number of nitrogens with one attached hydrogen (secondary N) is 1. The lowest BCUT2D eigenvalue weighted by Gasteiger charge is -2.25. The summed E-state index contributed by atoms with van der Waals surface area (Å²) in [5.41, 5.74) is 2.50. The van der Waals surface area contributed by atoms with Crippen LogP contribution in [0, 0.1) is 5.92 Å². The van der Waals surface area contributed by atoms with E-state index in [0.717, 1.165) is 49.9 Å². The molecule has 1 aromatic rings. The normalized spacial score (nSPS) is 20.8. The Morgan fingerprint density at radius 2 is 1.67 bits per heavy atom. The number of anilines is 1. The van der Waals surface area contributed by atoms with Gasteiger partial charge < -0.3 is 15.1 Å². The van der Waals surface area contributed by atoms with Crippen molar-refractivity contribution < 1.29 is 14.4 Å². The molecule has 27 heavy (non-hydrogen) atoms. The molecule has 3 aliphatic rings. The highest BCUT2D eigenvalue weighted by Crippen LogP contribution is 2.27. The Morgan fingerprint density at radius 3 is 2.48 bits per heavy atom. The molecule has 144 valence electrons. The molecule has 0 aromatic heterocycles. The molecule has 4 rings (SSSR count). The highest BCUT2D eigenvalue weighted by molar-refractivity contribution is 5.98. The van der Waals surface area contributed by atoms with E-state index in [1.165, 1.54) is 0 Å². The fraction of sp³-hybridized carbons (Fsp3) is 0.571. The van der Waals surface area contributed by atoms with Crippen LogP contribution in [0.5, 0.6) is 0 Å². The number of aryl methyl sites for hydroxylation is 1. The van der Waals surface area contributed by atoms with Crippen LogP contribution in [-0.2, 0) is 16.0 Å². The molecular formula is C21H27N3O3. The number of hydrogen-bond donors (Lipinski definition) is 1. The number of amides is 3. The Hall–Kier alpha value is -2.37. The predicted molar refractivity (Wildman–Crippen MR) is 102 cm³/mol. The van der Waals surface area contributed by atoms with Crippen LogP contribution in [0.4, 0.5) is 5.69 Å². The summed E-state index contributed by atoms with van der Waals surface area (Å²) >= 11 is 0. The Balaban J connectivity index is 1.41. The zero-order chi connectivity index (χ0) is 18.8. The first-order valence-electron chi connectivity index (χ1n) is 10.1. The summed E-state index contributed by atoms with van der Waals surface area (Å²) in [5, 5.41) is 2.85. The van der Waals surface area contributed by atoms with Crippen LogP contribution in [0.25, 0.3) is 0 Å². The summed E-state index contributed by atoms with van der Waals surface area (Å²) in [7, 11) is 0. The van der Waals surface area contributed by atoms with Crippen molar-refractivity contribution in [3.8, 4) is 0 Å². The van der Waals surface area contributed by atoms with Crippen LogP contribution < -0.4 is 5.32 Å². The van der Waals surface area contributed by atoms with E-state index in [9.17, 15) is 14.4 Å². The largest absolute Gasteiger partial charge is 0.341 e. The molecule has 1 aromatic carbocycles. The molecule has 0 unspecified atom stereocenters. The molecule has 6 nitrogen and oxygen atoms in total. The quantitative estimate of drug-likeness (QED) is 0.870. The van der Waals surface area contributed by atoms with Gasteiger partial charge >= 0.3 is 0 Å². The standard InChI is InChI=1S/C21H27N3O3/c25-19-9-7-16-14-17(6-8-18(16)22-19)21(27)24-11-3-10-23(12-13-24)20(26)15-4-1-2-5-15/h6,8,14-15H,1-5,7,9-13H2,(H,22,25). The van der Waals surface area contributed by atoms with Gasteiger partial charge in [-0.1, -0.05) is 12.8 Å². The van der Waals surface area contributed by atoms with Crippen LogP contribution >= 0.6 is 0 Å². The minimum Gasteiger partial charge on any atom is -0.341 e.